The number of amides is 1. The zero-order valence-corrected chi connectivity index (χ0v) is 12.4. The summed E-state index contributed by atoms with van der Waals surface area (Å²) in [6.07, 6.45) is 8.57. The maximum atomic E-state index is 11.9. The van der Waals surface area contributed by atoms with Crippen molar-refractivity contribution >= 4 is 5.91 Å². The summed E-state index contributed by atoms with van der Waals surface area (Å²) in [5, 5.41) is 2.92. The molecule has 1 heterocycles. The van der Waals surface area contributed by atoms with Gasteiger partial charge in [-0.2, -0.15) is 0 Å². The molecule has 0 spiro atoms. The molecule has 0 aliphatic heterocycles. The summed E-state index contributed by atoms with van der Waals surface area (Å²) >= 11 is 0. The van der Waals surface area contributed by atoms with Gasteiger partial charge < -0.3 is 20.4 Å². The van der Waals surface area contributed by atoms with Gasteiger partial charge >= 0.3 is 0 Å². The van der Waals surface area contributed by atoms with Crippen molar-refractivity contribution in [1.29, 1.82) is 0 Å². The van der Waals surface area contributed by atoms with E-state index >= 15 is 0 Å². The van der Waals surface area contributed by atoms with Crippen LogP contribution in [-0.4, -0.2) is 30.2 Å². The monoisotopic (exact) mass is 279 g/mol. The topological polar surface area (TPSA) is 69.3 Å². The molecule has 1 aromatic rings. The van der Waals surface area contributed by atoms with Gasteiger partial charge in [-0.3, -0.25) is 4.79 Å². The summed E-state index contributed by atoms with van der Waals surface area (Å²) in [6, 6.07) is 0.146. The van der Waals surface area contributed by atoms with Gasteiger partial charge in [-0.1, -0.05) is 6.42 Å². The molecule has 0 aromatic carbocycles. The first-order chi connectivity index (χ1) is 9.60. The van der Waals surface area contributed by atoms with Crippen LogP contribution in [0.1, 0.15) is 43.4 Å². The quantitative estimate of drug-likeness (QED) is 0.800. The van der Waals surface area contributed by atoms with Gasteiger partial charge in [0.1, 0.15) is 6.54 Å². The summed E-state index contributed by atoms with van der Waals surface area (Å²) in [5.74, 6) is 0.00767. The molecule has 2 unspecified atom stereocenters. The number of methoxy groups -OCH3 is 1. The van der Waals surface area contributed by atoms with Crippen LogP contribution in [0.5, 0.6) is 0 Å². The van der Waals surface area contributed by atoms with E-state index < -0.39 is 0 Å². The molecule has 0 radical (unpaired) electrons. The van der Waals surface area contributed by atoms with Crippen molar-refractivity contribution in [2.75, 3.05) is 13.7 Å². The Morgan fingerprint density at radius 3 is 3.10 bits per heavy atom. The molecule has 20 heavy (non-hydrogen) atoms. The first-order valence-electron chi connectivity index (χ1n) is 7.32. The van der Waals surface area contributed by atoms with Crippen LogP contribution in [-0.2, 0) is 22.5 Å². The summed E-state index contributed by atoms with van der Waals surface area (Å²) in [5.41, 5.74) is 8.69. The summed E-state index contributed by atoms with van der Waals surface area (Å²) in [4.78, 5) is 11.9. The fraction of sp³-hybridized carbons (Fsp3) is 0.667. The predicted octanol–water partition coefficient (Wildman–Crippen LogP) is 1.37. The lowest BCUT2D eigenvalue weighted by Crippen LogP contribution is -2.37. The first kappa shape index (κ1) is 15.1. The van der Waals surface area contributed by atoms with Crippen molar-refractivity contribution in [3.63, 3.8) is 0 Å². The van der Waals surface area contributed by atoms with Crippen molar-refractivity contribution in [3.8, 4) is 0 Å². The smallest absolute Gasteiger partial charge is 0.240 e. The van der Waals surface area contributed by atoms with Crippen LogP contribution in [0.25, 0.3) is 0 Å². The van der Waals surface area contributed by atoms with Crippen molar-refractivity contribution in [2.45, 2.75) is 51.2 Å². The highest BCUT2D eigenvalue weighted by Crippen LogP contribution is 2.27. The molecule has 1 aliphatic rings. The van der Waals surface area contributed by atoms with E-state index in [1.54, 1.807) is 7.11 Å². The Hall–Kier alpha value is -1.33. The first-order valence-corrected chi connectivity index (χ1v) is 7.32. The molecule has 5 nitrogen and oxygen atoms in total. The molecule has 112 valence electrons. The van der Waals surface area contributed by atoms with Crippen molar-refractivity contribution in [3.05, 3.63) is 23.5 Å². The number of carbonyl (C=O) groups excluding carboxylic acids is 1. The number of hydrogen-bond donors (Lipinski definition) is 2. The third kappa shape index (κ3) is 3.84. The molecule has 5 heteroatoms. The van der Waals surface area contributed by atoms with Crippen LogP contribution in [0.4, 0.5) is 0 Å². The lowest BCUT2D eigenvalue weighted by atomic mass is 10.1. The molecular formula is C15H25N3O2. The average Bonchev–Trinajstić information content (AvgIpc) is 2.69. The highest BCUT2D eigenvalue weighted by Gasteiger charge is 2.18. The van der Waals surface area contributed by atoms with Gasteiger partial charge in [0, 0.05) is 31.6 Å². The Bertz CT molecular complexity index is 456. The highest BCUT2D eigenvalue weighted by atomic mass is 16.5. The second-order valence-electron chi connectivity index (χ2n) is 5.69. The number of nitrogens with zero attached hydrogens (tertiary/aromatic N) is 1. The van der Waals surface area contributed by atoms with Crippen LogP contribution >= 0.6 is 0 Å². The van der Waals surface area contributed by atoms with Crippen LogP contribution in [0.3, 0.4) is 0 Å². The molecule has 1 aliphatic carbocycles. The van der Waals surface area contributed by atoms with Crippen LogP contribution in [0.2, 0.25) is 0 Å². The summed E-state index contributed by atoms with van der Waals surface area (Å²) in [7, 11) is 1.63. The molecular weight excluding hydrogens is 254 g/mol. The number of aromatic nitrogens is 1. The van der Waals surface area contributed by atoms with Gasteiger partial charge in [-0.25, -0.2) is 0 Å². The van der Waals surface area contributed by atoms with Gasteiger partial charge in [0.2, 0.25) is 5.91 Å². The van der Waals surface area contributed by atoms with Gasteiger partial charge in [0.05, 0.1) is 6.61 Å². The number of fused-ring (bicyclic) bond motifs is 1. The average molecular weight is 279 g/mol. The van der Waals surface area contributed by atoms with E-state index in [0.717, 1.165) is 12.8 Å². The van der Waals surface area contributed by atoms with Crippen molar-refractivity contribution < 1.29 is 9.53 Å². The Balaban J connectivity index is 1.97. The minimum Gasteiger partial charge on any atom is -0.383 e. The molecule has 3 N–H and O–H groups in total. The molecule has 2 atom stereocenters. The number of rotatable bonds is 5. The molecule has 0 saturated heterocycles. The van der Waals surface area contributed by atoms with Gasteiger partial charge in [0.25, 0.3) is 0 Å². The zero-order valence-electron chi connectivity index (χ0n) is 12.4. The van der Waals surface area contributed by atoms with Gasteiger partial charge in [-0.15, -0.1) is 0 Å². The minimum atomic E-state index is 0.00767. The lowest BCUT2D eigenvalue weighted by Gasteiger charge is -2.13. The maximum absolute atomic E-state index is 11.9. The van der Waals surface area contributed by atoms with E-state index in [4.69, 9.17) is 10.5 Å². The SMILES string of the molecule is COCC(C)NC(=O)Cn1cc2c(c1)C(N)CCCC2. The number of hydrogen-bond acceptors (Lipinski definition) is 3. The van der Waals surface area contributed by atoms with E-state index in [9.17, 15) is 4.79 Å². The second kappa shape index (κ2) is 6.90. The van der Waals surface area contributed by atoms with Gasteiger partial charge in [-0.05, 0) is 37.3 Å². The predicted molar refractivity (Wildman–Crippen MR) is 78.4 cm³/mol. The fourth-order valence-corrected chi connectivity index (χ4v) is 2.82. The van der Waals surface area contributed by atoms with Crippen LogP contribution in [0, 0.1) is 0 Å². The standard InChI is InChI=1S/C15H25N3O2/c1-11(10-20-2)17-15(19)9-18-7-12-5-3-4-6-14(16)13(12)8-18/h7-8,11,14H,3-6,9-10,16H2,1-2H3,(H,17,19). The molecule has 1 aromatic heterocycles. The normalized spacial score (nSPS) is 20.1. The molecule has 0 bridgehead atoms. The second-order valence-corrected chi connectivity index (χ2v) is 5.69. The molecule has 0 saturated carbocycles. The fourth-order valence-electron chi connectivity index (χ4n) is 2.82. The van der Waals surface area contributed by atoms with E-state index in [1.807, 2.05) is 17.7 Å². The molecule has 1 amide bonds. The number of carbonyl (C=O) groups is 1. The summed E-state index contributed by atoms with van der Waals surface area (Å²) in [6.45, 7) is 2.80. The van der Waals surface area contributed by atoms with E-state index in [0.29, 0.717) is 13.2 Å². The van der Waals surface area contributed by atoms with Crippen molar-refractivity contribution in [1.82, 2.24) is 9.88 Å². The van der Waals surface area contributed by atoms with E-state index in [2.05, 4.69) is 11.5 Å². The Morgan fingerprint density at radius 2 is 2.35 bits per heavy atom. The third-order valence-electron chi connectivity index (χ3n) is 3.76. The summed E-state index contributed by atoms with van der Waals surface area (Å²) < 4.78 is 6.96. The minimum absolute atomic E-state index is 0.00767. The van der Waals surface area contributed by atoms with E-state index in [-0.39, 0.29) is 18.0 Å². The Morgan fingerprint density at radius 1 is 1.55 bits per heavy atom. The van der Waals surface area contributed by atoms with Crippen LogP contribution in [0.15, 0.2) is 12.4 Å². The maximum Gasteiger partial charge on any atom is 0.240 e. The van der Waals surface area contributed by atoms with Gasteiger partial charge in [0.15, 0.2) is 0 Å². The lowest BCUT2D eigenvalue weighted by molar-refractivity contribution is -0.122. The number of nitrogens with two attached hydrogens (primary N) is 1. The van der Waals surface area contributed by atoms with E-state index in [1.165, 1.54) is 24.0 Å². The highest BCUT2D eigenvalue weighted by molar-refractivity contribution is 5.76. The molecule has 2 rings (SSSR count). The Labute approximate surface area is 120 Å². The zero-order chi connectivity index (χ0) is 14.5. The molecule has 0 fully saturated rings. The number of ether oxygens (including phenoxy) is 1. The Kier molecular flexibility index (Phi) is 5.20. The van der Waals surface area contributed by atoms with Crippen molar-refractivity contribution in [2.24, 2.45) is 5.73 Å². The third-order valence-corrected chi connectivity index (χ3v) is 3.76. The largest absolute Gasteiger partial charge is 0.383 e. The van der Waals surface area contributed by atoms with Crippen LogP contribution < -0.4 is 11.1 Å². The number of nitrogens with one attached hydrogen (secondary N) is 1. The number of aryl methyl sites for hydroxylation is 1.